The number of hydrogen-bond donors (Lipinski definition) is 1. The molecule has 0 saturated carbocycles. The van der Waals surface area contributed by atoms with Crippen LogP contribution in [-0.2, 0) is 6.54 Å². The molecular formula is C22H24ClN3OS. The number of rotatable bonds is 7. The fourth-order valence-corrected chi connectivity index (χ4v) is 3.89. The largest absolute Gasteiger partial charge is 0.351 e. The van der Waals surface area contributed by atoms with Gasteiger partial charge in [-0.1, -0.05) is 41.4 Å². The normalized spacial score (nSPS) is 10.9. The van der Waals surface area contributed by atoms with Crippen LogP contribution in [0.25, 0.3) is 0 Å². The van der Waals surface area contributed by atoms with Gasteiger partial charge in [0, 0.05) is 27.9 Å². The van der Waals surface area contributed by atoms with Crippen LogP contribution in [0.1, 0.15) is 32.9 Å². The van der Waals surface area contributed by atoms with Gasteiger partial charge in [-0.15, -0.1) is 11.8 Å². The van der Waals surface area contributed by atoms with E-state index in [1.807, 2.05) is 42.8 Å². The van der Waals surface area contributed by atoms with Crippen molar-refractivity contribution in [3.63, 3.8) is 0 Å². The van der Waals surface area contributed by atoms with Crippen molar-refractivity contribution in [3.05, 3.63) is 81.6 Å². The van der Waals surface area contributed by atoms with Gasteiger partial charge in [-0.2, -0.15) is 5.10 Å². The molecule has 146 valence electrons. The van der Waals surface area contributed by atoms with E-state index in [9.17, 15) is 4.79 Å². The lowest BCUT2D eigenvalue weighted by Gasteiger charge is -2.07. The summed E-state index contributed by atoms with van der Waals surface area (Å²) in [5, 5.41) is 8.31. The highest BCUT2D eigenvalue weighted by molar-refractivity contribution is 7.99. The molecular weight excluding hydrogens is 390 g/mol. The van der Waals surface area contributed by atoms with Crippen molar-refractivity contribution in [2.45, 2.75) is 32.2 Å². The highest BCUT2D eigenvalue weighted by atomic mass is 35.5. The number of thioether (sulfide) groups is 1. The summed E-state index contributed by atoms with van der Waals surface area (Å²) in [6.07, 6.45) is 0. The summed E-state index contributed by atoms with van der Waals surface area (Å²) in [6, 6.07) is 16.1. The molecule has 0 spiro atoms. The van der Waals surface area contributed by atoms with Gasteiger partial charge in [0.05, 0.1) is 17.8 Å². The molecule has 2 aromatic carbocycles. The number of benzene rings is 2. The minimum Gasteiger partial charge on any atom is -0.351 e. The minimum atomic E-state index is -0.0677. The standard InChI is InChI=1S/C22H24ClN3OS/c1-15-4-6-18(7-5-15)14-26-17(3)21(16(2)25-26)22(27)24-12-13-28-20-10-8-19(23)9-11-20/h4-11H,12-14H2,1-3H3,(H,24,27). The zero-order valence-corrected chi connectivity index (χ0v) is 17.9. The second kappa shape index (κ2) is 9.30. The molecule has 0 bridgehead atoms. The highest BCUT2D eigenvalue weighted by Gasteiger charge is 2.18. The maximum Gasteiger partial charge on any atom is 0.255 e. The molecule has 1 N–H and O–H groups in total. The molecule has 0 fully saturated rings. The lowest BCUT2D eigenvalue weighted by Crippen LogP contribution is -2.26. The fourth-order valence-electron chi connectivity index (χ4n) is 3.00. The predicted octanol–water partition coefficient (Wildman–Crippen LogP) is 5.03. The van der Waals surface area contributed by atoms with Gasteiger partial charge in [-0.3, -0.25) is 9.48 Å². The maximum absolute atomic E-state index is 12.7. The molecule has 1 heterocycles. The van der Waals surface area contributed by atoms with Crippen LogP contribution < -0.4 is 5.32 Å². The zero-order chi connectivity index (χ0) is 20.1. The monoisotopic (exact) mass is 413 g/mol. The predicted molar refractivity (Wildman–Crippen MR) is 116 cm³/mol. The SMILES string of the molecule is Cc1ccc(Cn2nc(C)c(C(=O)NCCSc3ccc(Cl)cc3)c2C)cc1. The quantitative estimate of drug-likeness (QED) is 0.436. The Bertz CT molecular complexity index is 949. The topological polar surface area (TPSA) is 46.9 Å². The van der Waals surface area contributed by atoms with Crippen LogP contribution in [0.3, 0.4) is 0 Å². The van der Waals surface area contributed by atoms with E-state index < -0.39 is 0 Å². The second-order valence-corrected chi connectivity index (χ2v) is 8.35. The molecule has 0 atom stereocenters. The molecule has 1 amide bonds. The van der Waals surface area contributed by atoms with Crippen molar-refractivity contribution >= 4 is 29.3 Å². The summed E-state index contributed by atoms with van der Waals surface area (Å²) in [5.74, 6) is 0.727. The Morgan fingerprint density at radius 2 is 1.75 bits per heavy atom. The van der Waals surface area contributed by atoms with Gasteiger partial charge in [0.1, 0.15) is 0 Å². The van der Waals surface area contributed by atoms with E-state index in [1.165, 1.54) is 11.1 Å². The third-order valence-electron chi connectivity index (χ3n) is 4.53. The van der Waals surface area contributed by atoms with Crippen LogP contribution in [0.15, 0.2) is 53.4 Å². The average Bonchev–Trinajstić information content (AvgIpc) is 2.95. The number of halogens is 1. The van der Waals surface area contributed by atoms with Crippen molar-refractivity contribution in [1.82, 2.24) is 15.1 Å². The van der Waals surface area contributed by atoms with Crippen LogP contribution in [0.2, 0.25) is 5.02 Å². The van der Waals surface area contributed by atoms with E-state index in [-0.39, 0.29) is 5.91 Å². The van der Waals surface area contributed by atoms with E-state index in [4.69, 9.17) is 11.6 Å². The Morgan fingerprint density at radius 1 is 1.07 bits per heavy atom. The van der Waals surface area contributed by atoms with Gasteiger partial charge in [0.15, 0.2) is 0 Å². The highest BCUT2D eigenvalue weighted by Crippen LogP contribution is 2.20. The van der Waals surface area contributed by atoms with Gasteiger partial charge in [0.2, 0.25) is 0 Å². The van der Waals surface area contributed by atoms with Crippen molar-refractivity contribution < 1.29 is 4.79 Å². The van der Waals surface area contributed by atoms with E-state index in [0.29, 0.717) is 18.7 Å². The molecule has 4 nitrogen and oxygen atoms in total. The van der Waals surface area contributed by atoms with E-state index >= 15 is 0 Å². The number of carbonyl (C=O) groups excluding carboxylic acids is 1. The van der Waals surface area contributed by atoms with Crippen LogP contribution in [-0.4, -0.2) is 28.0 Å². The Labute approximate surface area is 175 Å². The van der Waals surface area contributed by atoms with E-state index in [2.05, 4.69) is 41.6 Å². The number of aryl methyl sites for hydroxylation is 2. The Hall–Kier alpha value is -2.24. The lowest BCUT2D eigenvalue weighted by atomic mass is 10.1. The summed E-state index contributed by atoms with van der Waals surface area (Å²) >= 11 is 7.59. The fraction of sp³-hybridized carbons (Fsp3) is 0.273. The molecule has 3 rings (SSSR count). The molecule has 0 aliphatic rings. The summed E-state index contributed by atoms with van der Waals surface area (Å²) in [7, 11) is 0. The third kappa shape index (κ3) is 5.18. The summed E-state index contributed by atoms with van der Waals surface area (Å²) in [5.41, 5.74) is 4.72. The molecule has 0 radical (unpaired) electrons. The summed E-state index contributed by atoms with van der Waals surface area (Å²) in [6.45, 7) is 7.16. The number of amides is 1. The molecule has 1 aromatic heterocycles. The van der Waals surface area contributed by atoms with Crippen LogP contribution in [0, 0.1) is 20.8 Å². The van der Waals surface area contributed by atoms with Gasteiger partial charge >= 0.3 is 0 Å². The first-order valence-corrected chi connectivity index (χ1v) is 10.6. The molecule has 0 aliphatic heterocycles. The van der Waals surface area contributed by atoms with Crippen LogP contribution >= 0.6 is 23.4 Å². The Kier molecular flexibility index (Phi) is 6.81. The third-order valence-corrected chi connectivity index (χ3v) is 5.80. The summed E-state index contributed by atoms with van der Waals surface area (Å²) in [4.78, 5) is 13.8. The first-order chi connectivity index (χ1) is 13.4. The number of nitrogens with zero attached hydrogens (tertiary/aromatic N) is 2. The van der Waals surface area contributed by atoms with E-state index in [0.717, 1.165) is 27.1 Å². The number of aromatic nitrogens is 2. The minimum absolute atomic E-state index is 0.0677. The van der Waals surface area contributed by atoms with E-state index in [1.54, 1.807) is 11.8 Å². The van der Waals surface area contributed by atoms with Crippen molar-refractivity contribution in [3.8, 4) is 0 Å². The molecule has 0 aliphatic carbocycles. The number of carbonyl (C=O) groups is 1. The summed E-state index contributed by atoms with van der Waals surface area (Å²) < 4.78 is 1.90. The van der Waals surface area contributed by atoms with Gasteiger partial charge in [-0.25, -0.2) is 0 Å². The zero-order valence-electron chi connectivity index (χ0n) is 16.3. The number of nitrogens with one attached hydrogen (secondary N) is 1. The van der Waals surface area contributed by atoms with Crippen molar-refractivity contribution in [1.29, 1.82) is 0 Å². The average molecular weight is 414 g/mol. The Balaban J connectivity index is 1.58. The van der Waals surface area contributed by atoms with Crippen LogP contribution in [0.5, 0.6) is 0 Å². The first kappa shape index (κ1) is 20.5. The molecule has 0 saturated heterocycles. The first-order valence-electron chi connectivity index (χ1n) is 9.20. The number of hydrogen-bond acceptors (Lipinski definition) is 3. The van der Waals surface area contributed by atoms with Gasteiger partial charge in [0.25, 0.3) is 5.91 Å². The molecule has 0 unspecified atom stereocenters. The van der Waals surface area contributed by atoms with Crippen LogP contribution in [0.4, 0.5) is 0 Å². The molecule has 28 heavy (non-hydrogen) atoms. The van der Waals surface area contributed by atoms with Gasteiger partial charge in [-0.05, 0) is 50.6 Å². The lowest BCUT2D eigenvalue weighted by molar-refractivity contribution is 0.0955. The molecule has 3 aromatic rings. The van der Waals surface area contributed by atoms with Crippen molar-refractivity contribution in [2.75, 3.05) is 12.3 Å². The Morgan fingerprint density at radius 3 is 2.43 bits per heavy atom. The van der Waals surface area contributed by atoms with Crippen molar-refractivity contribution in [2.24, 2.45) is 0 Å². The van der Waals surface area contributed by atoms with Gasteiger partial charge < -0.3 is 5.32 Å². The second-order valence-electron chi connectivity index (χ2n) is 6.75. The smallest absolute Gasteiger partial charge is 0.255 e. The molecule has 6 heteroatoms. The maximum atomic E-state index is 12.7.